The molecule has 1 amide bonds. The minimum absolute atomic E-state index is 0.231. The van der Waals surface area contributed by atoms with E-state index in [2.05, 4.69) is 5.32 Å². The average Bonchev–Trinajstić information content (AvgIpc) is 3.27. The molecule has 0 unspecified atom stereocenters. The molecule has 1 aromatic rings. The summed E-state index contributed by atoms with van der Waals surface area (Å²) in [6, 6.07) is 3.41. The van der Waals surface area contributed by atoms with Crippen LogP contribution in [0.3, 0.4) is 0 Å². The van der Waals surface area contributed by atoms with Gasteiger partial charge in [-0.3, -0.25) is 9.59 Å². The van der Waals surface area contributed by atoms with Crippen molar-refractivity contribution >= 4 is 33.2 Å². The highest BCUT2D eigenvalue weighted by molar-refractivity contribution is 7.91. The van der Waals surface area contributed by atoms with Crippen LogP contribution in [0.4, 0.5) is 0 Å². The maximum Gasteiger partial charge on any atom is 0.307 e. The Morgan fingerprint density at radius 1 is 1.20 bits per heavy atom. The lowest BCUT2D eigenvalue weighted by Gasteiger charge is -2.25. The Morgan fingerprint density at radius 2 is 1.92 bits per heavy atom. The van der Waals surface area contributed by atoms with Crippen molar-refractivity contribution in [2.24, 2.45) is 11.8 Å². The van der Waals surface area contributed by atoms with Crippen LogP contribution in [0, 0.1) is 11.8 Å². The molecule has 1 aromatic heterocycles. The van der Waals surface area contributed by atoms with Gasteiger partial charge in [0.25, 0.3) is 10.0 Å². The predicted molar refractivity (Wildman–Crippen MR) is 92.9 cm³/mol. The second-order valence-corrected chi connectivity index (χ2v) is 9.85. The molecule has 0 bridgehead atoms. The van der Waals surface area contributed by atoms with Gasteiger partial charge in [0.05, 0.1) is 11.8 Å². The van der Waals surface area contributed by atoms with Gasteiger partial charge in [0.15, 0.2) is 0 Å². The lowest BCUT2D eigenvalue weighted by molar-refractivity contribution is -0.140. The summed E-state index contributed by atoms with van der Waals surface area (Å²) in [5.74, 6) is -2.13. The van der Waals surface area contributed by atoms with Crippen molar-refractivity contribution in [3.8, 4) is 0 Å². The summed E-state index contributed by atoms with van der Waals surface area (Å²) in [6.45, 7) is 1.54. The van der Waals surface area contributed by atoms with Gasteiger partial charge in [-0.25, -0.2) is 8.42 Å². The first-order valence-electron chi connectivity index (χ1n) is 8.49. The van der Waals surface area contributed by atoms with E-state index in [4.69, 9.17) is 5.11 Å². The van der Waals surface area contributed by atoms with E-state index in [1.807, 2.05) is 0 Å². The van der Waals surface area contributed by atoms with Crippen LogP contribution >= 0.6 is 11.3 Å². The Balaban J connectivity index is 1.50. The van der Waals surface area contributed by atoms with Crippen molar-refractivity contribution in [2.45, 2.75) is 36.3 Å². The van der Waals surface area contributed by atoms with Crippen molar-refractivity contribution in [2.75, 3.05) is 19.6 Å². The maximum absolute atomic E-state index is 12.6. The quantitative estimate of drug-likeness (QED) is 0.735. The van der Waals surface area contributed by atoms with E-state index < -0.39 is 27.8 Å². The van der Waals surface area contributed by atoms with Crippen molar-refractivity contribution in [3.63, 3.8) is 0 Å². The summed E-state index contributed by atoms with van der Waals surface area (Å²) < 4.78 is 27.1. The van der Waals surface area contributed by atoms with Crippen LogP contribution in [0.25, 0.3) is 0 Å². The molecule has 1 saturated carbocycles. The van der Waals surface area contributed by atoms with Gasteiger partial charge >= 0.3 is 5.97 Å². The standard InChI is InChI=1S/C16H22N2O5S2/c19-15(12-10-13(12)16(20)21)17-7-6-11-4-5-14(24-11)25(22,23)18-8-2-1-3-9-18/h4-5,12-13H,1-3,6-10H2,(H,17,19)(H,20,21)/t12-,13-/m1/s1. The summed E-state index contributed by atoms with van der Waals surface area (Å²) in [5.41, 5.74) is 0. The minimum Gasteiger partial charge on any atom is -0.481 e. The first kappa shape index (κ1) is 18.3. The number of carboxylic acid groups (broad SMARTS) is 1. The number of carbonyl (C=O) groups is 2. The molecular formula is C16H22N2O5S2. The molecular weight excluding hydrogens is 364 g/mol. The zero-order chi connectivity index (χ0) is 18.0. The van der Waals surface area contributed by atoms with Crippen molar-refractivity contribution < 1.29 is 23.1 Å². The lowest BCUT2D eigenvalue weighted by Crippen LogP contribution is -2.35. The Hall–Kier alpha value is -1.45. The van der Waals surface area contributed by atoms with E-state index in [0.717, 1.165) is 24.1 Å². The summed E-state index contributed by atoms with van der Waals surface area (Å²) in [4.78, 5) is 23.5. The highest BCUT2D eigenvalue weighted by Crippen LogP contribution is 2.38. The molecule has 0 radical (unpaired) electrons. The molecule has 25 heavy (non-hydrogen) atoms. The van der Waals surface area contributed by atoms with E-state index in [9.17, 15) is 18.0 Å². The minimum atomic E-state index is -3.40. The van der Waals surface area contributed by atoms with Gasteiger partial charge in [0, 0.05) is 24.5 Å². The van der Waals surface area contributed by atoms with Gasteiger partial charge in [-0.15, -0.1) is 11.3 Å². The fourth-order valence-electron chi connectivity index (χ4n) is 3.06. The number of piperidine rings is 1. The number of hydrogen-bond donors (Lipinski definition) is 2. The number of thiophene rings is 1. The summed E-state index contributed by atoms with van der Waals surface area (Å²) >= 11 is 1.24. The lowest BCUT2D eigenvalue weighted by atomic mass is 10.2. The molecule has 2 aliphatic rings. The second-order valence-electron chi connectivity index (χ2n) is 6.51. The number of aliphatic carboxylic acids is 1. The molecule has 0 aromatic carbocycles. The zero-order valence-corrected chi connectivity index (χ0v) is 15.4. The van der Waals surface area contributed by atoms with E-state index in [1.165, 1.54) is 11.3 Å². The van der Waals surface area contributed by atoms with Crippen LogP contribution in [0.2, 0.25) is 0 Å². The summed E-state index contributed by atoms with van der Waals surface area (Å²) in [7, 11) is -3.40. The summed E-state index contributed by atoms with van der Waals surface area (Å²) in [5, 5.41) is 11.6. The van der Waals surface area contributed by atoms with E-state index in [-0.39, 0.29) is 5.91 Å². The highest BCUT2D eigenvalue weighted by Gasteiger charge is 2.48. The third-order valence-electron chi connectivity index (χ3n) is 4.66. The molecule has 7 nitrogen and oxygen atoms in total. The molecule has 3 rings (SSSR count). The number of amides is 1. The molecule has 2 fully saturated rings. The largest absolute Gasteiger partial charge is 0.481 e. The number of carbonyl (C=O) groups excluding carboxylic acids is 1. The third kappa shape index (κ3) is 4.21. The maximum atomic E-state index is 12.6. The normalized spacial score (nSPS) is 24.0. The van der Waals surface area contributed by atoms with Crippen LogP contribution in [0.15, 0.2) is 16.3 Å². The number of nitrogens with one attached hydrogen (secondary N) is 1. The SMILES string of the molecule is O=C(O)[C@@H]1C[C@H]1C(=O)NCCc1ccc(S(=O)(=O)N2CCCCC2)s1. The first-order chi connectivity index (χ1) is 11.9. The fraction of sp³-hybridized carbons (Fsp3) is 0.625. The van der Waals surface area contributed by atoms with Crippen LogP contribution in [0.1, 0.15) is 30.6 Å². The number of rotatable bonds is 7. The Kier molecular flexibility index (Phi) is 5.45. The smallest absolute Gasteiger partial charge is 0.307 e. The van der Waals surface area contributed by atoms with Gasteiger partial charge < -0.3 is 10.4 Å². The van der Waals surface area contributed by atoms with E-state index >= 15 is 0 Å². The molecule has 0 spiro atoms. The second kappa shape index (κ2) is 7.43. The number of nitrogens with zero attached hydrogens (tertiary/aromatic N) is 1. The van der Waals surface area contributed by atoms with Crippen molar-refractivity contribution in [3.05, 3.63) is 17.0 Å². The zero-order valence-electron chi connectivity index (χ0n) is 13.8. The highest BCUT2D eigenvalue weighted by atomic mass is 32.2. The Morgan fingerprint density at radius 3 is 2.56 bits per heavy atom. The molecule has 9 heteroatoms. The van der Waals surface area contributed by atoms with Crippen molar-refractivity contribution in [1.82, 2.24) is 9.62 Å². The molecule has 1 saturated heterocycles. The molecule has 2 N–H and O–H groups in total. The van der Waals surface area contributed by atoms with E-state index in [1.54, 1.807) is 16.4 Å². The van der Waals surface area contributed by atoms with Gasteiger partial charge in [-0.2, -0.15) is 4.31 Å². The van der Waals surface area contributed by atoms with Gasteiger partial charge in [-0.1, -0.05) is 6.42 Å². The van der Waals surface area contributed by atoms with Crippen LogP contribution in [0.5, 0.6) is 0 Å². The fourth-order valence-corrected chi connectivity index (χ4v) is 6.09. The molecule has 2 heterocycles. The number of carboxylic acids is 1. The Bertz CT molecular complexity index is 752. The molecule has 138 valence electrons. The molecule has 1 aliphatic carbocycles. The van der Waals surface area contributed by atoms with Crippen LogP contribution in [-0.4, -0.2) is 49.3 Å². The van der Waals surface area contributed by atoms with Gasteiger partial charge in [0.1, 0.15) is 4.21 Å². The Labute approximate surface area is 151 Å². The molecule has 1 aliphatic heterocycles. The monoisotopic (exact) mass is 386 g/mol. The number of hydrogen-bond acceptors (Lipinski definition) is 5. The average molecular weight is 386 g/mol. The van der Waals surface area contributed by atoms with Crippen molar-refractivity contribution in [1.29, 1.82) is 0 Å². The van der Waals surface area contributed by atoms with Crippen LogP contribution < -0.4 is 5.32 Å². The topological polar surface area (TPSA) is 104 Å². The molecule has 2 atom stereocenters. The predicted octanol–water partition coefficient (Wildman–Crippen LogP) is 1.30. The first-order valence-corrected chi connectivity index (χ1v) is 10.7. The van der Waals surface area contributed by atoms with E-state index in [0.29, 0.717) is 36.7 Å². The third-order valence-corrected chi connectivity index (χ3v) is 8.17. The van der Waals surface area contributed by atoms with Crippen LogP contribution in [-0.2, 0) is 26.0 Å². The van der Waals surface area contributed by atoms with Gasteiger partial charge in [-0.05, 0) is 37.8 Å². The summed E-state index contributed by atoms with van der Waals surface area (Å²) in [6.07, 6.45) is 3.82. The number of sulfonamides is 1. The van der Waals surface area contributed by atoms with Gasteiger partial charge in [0.2, 0.25) is 5.91 Å².